The lowest BCUT2D eigenvalue weighted by Crippen LogP contribution is -2.24. The Balaban J connectivity index is 2.62. The van der Waals surface area contributed by atoms with Crippen LogP contribution in [-0.2, 0) is 4.74 Å². The zero-order chi connectivity index (χ0) is 13.8. The molecule has 18 heavy (non-hydrogen) atoms. The fraction of sp³-hybridized carbons (Fsp3) is 0.500. The molecule has 1 rings (SSSR count). The molecule has 1 atom stereocenters. The molecule has 100 valence electrons. The summed E-state index contributed by atoms with van der Waals surface area (Å²) >= 11 is 0. The Kier molecular flexibility index (Phi) is 4.73. The summed E-state index contributed by atoms with van der Waals surface area (Å²) in [5.41, 5.74) is 5.62. The molecule has 2 N–H and O–H groups in total. The third-order valence-electron chi connectivity index (χ3n) is 2.00. The maximum absolute atomic E-state index is 11.8. The van der Waals surface area contributed by atoms with E-state index in [1.54, 1.807) is 24.3 Å². The van der Waals surface area contributed by atoms with E-state index in [-0.39, 0.29) is 12.0 Å². The van der Waals surface area contributed by atoms with Crippen molar-refractivity contribution in [2.24, 2.45) is 5.73 Å². The number of esters is 1. The number of rotatable bonds is 4. The first kappa shape index (κ1) is 14.5. The van der Waals surface area contributed by atoms with E-state index in [0.29, 0.717) is 17.9 Å². The van der Waals surface area contributed by atoms with E-state index in [4.69, 9.17) is 15.2 Å². The van der Waals surface area contributed by atoms with Gasteiger partial charge in [-0.3, -0.25) is 0 Å². The highest BCUT2D eigenvalue weighted by Gasteiger charge is 2.17. The number of nitrogens with two attached hydrogens (primary N) is 1. The Morgan fingerprint density at radius 2 is 1.83 bits per heavy atom. The molecular formula is C14H21NO3. The molecule has 0 aliphatic heterocycles. The van der Waals surface area contributed by atoms with Gasteiger partial charge in [0.1, 0.15) is 18.0 Å². The number of carbonyl (C=O) groups is 1. The summed E-state index contributed by atoms with van der Waals surface area (Å²) in [6, 6.07) is 6.83. The first-order valence-electron chi connectivity index (χ1n) is 6.00. The number of ether oxygens (including phenoxy) is 2. The van der Waals surface area contributed by atoms with Crippen molar-refractivity contribution < 1.29 is 14.3 Å². The second-order valence-corrected chi connectivity index (χ2v) is 5.31. The van der Waals surface area contributed by atoms with E-state index < -0.39 is 5.60 Å². The summed E-state index contributed by atoms with van der Waals surface area (Å²) in [4.78, 5) is 11.8. The largest absolute Gasteiger partial charge is 0.492 e. The molecular weight excluding hydrogens is 230 g/mol. The molecule has 0 spiro atoms. The van der Waals surface area contributed by atoms with E-state index in [1.165, 1.54) is 0 Å². The van der Waals surface area contributed by atoms with Crippen LogP contribution < -0.4 is 10.5 Å². The number of carbonyl (C=O) groups excluding carboxylic acids is 1. The molecule has 4 heteroatoms. The van der Waals surface area contributed by atoms with Gasteiger partial charge in [0.05, 0.1) is 5.56 Å². The Hall–Kier alpha value is -1.55. The van der Waals surface area contributed by atoms with Crippen LogP contribution in [0.25, 0.3) is 0 Å². The first-order valence-corrected chi connectivity index (χ1v) is 6.00. The molecule has 0 aromatic heterocycles. The van der Waals surface area contributed by atoms with E-state index in [9.17, 15) is 4.79 Å². The van der Waals surface area contributed by atoms with Crippen molar-refractivity contribution in [1.82, 2.24) is 0 Å². The van der Waals surface area contributed by atoms with Crippen molar-refractivity contribution in [3.05, 3.63) is 29.8 Å². The van der Waals surface area contributed by atoms with Gasteiger partial charge in [0.15, 0.2) is 0 Å². The summed E-state index contributed by atoms with van der Waals surface area (Å²) in [6.45, 7) is 7.84. The molecule has 1 aromatic carbocycles. The molecule has 0 aliphatic carbocycles. The lowest BCUT2D eigenvalue weighted by atomic mass is 10.1. The van der Waals surface area contributed by atoms with Gasteiger partial charge in [0, 0.05) is 6.04 Å². The molecule has 0 heterocycles. The van der Waals surface area contributed by atoms with Gasteiger partial charge in [-0.15, -0.1) is 0 Å². The smallest absolute Gasteiger partial charge is 0.338 e. The van der Waals surface area contributed by atoms with Crippen molar-refractivity contribution in [1.29, 1.82) is 0 Å². The summed E-state index contributed by atoms with van der Waals surface area (Å²) in [5, 5.41) is 0. The first-order chi connectivity index (χ1) is 8.28. The number of hydrogen-bond donors (Lipinski definition) is 1. The molecule has 0 bridgehead atoms. The van der Waals surface area contributed by atoms with Gasteiger partial charge in [-0.05, 0) is 52.0 Å². The van der Waals surface area contributed by atoms with Crippen LogP contribution in [0.5, 0.6) is 5.75 Å². The molecule has 0 fully saturated rings. The van der Waals surface area contributed by atoms with Gasteiger partial charge < -0.3 is 15.2 Å². The average Bonchev–Trinajstić information content (AvgIpc) is 2.24. The molecule has 0 saturated carbocycles. The summed E-state index contributed by atoms with van der Waals surface area (Å²) in [6.07, 6.45) is 0. The minimum Gasteiger partial charge on any atom is -0.492 e. The van der Waals surface area contributed by atoms with Crippen LogP contribution in [0, 0.1) is 0 Å². The predicted molar refractivity (Wildman–Crippen MR) is 70.8 cm³/mol. The number of hydrogen-bond acceptors (Lipinski definition) is 4. The maximum atomic E-state index is 11.8. The zero-order valence-electron chi connectivity index (χ0n) is 11.4. The van der Waals surface area contributed by atoms with Crippen molar-refractivity contribution in [3.8, 4) is 5.75 Å². The van der Waals surface area contributed by atoms with E-state index in [1.807, 2.05) is 27.7 Å². The highest BCUT2D eigenvalue weighted by molar-refractivity contribution is 5.89. The van der Waals surface area contributed by atoms with Gasteiger partial charge in [-0.25, -0.2) is 4.79 Å². The number of benzene rings is 1. The molecule has 1 aromatic rings. The topological polar surface area (TPSA) is 61.5 Å². The van der Waals surface area contributed by atoms with Gasteiger partial charge in [0.25, 0.3) is 0 Å². The van der Waals surface area contributed by atoms with Crippen molar-refractivity contribution in [3.63, 3.8) is 0 Å². The quantitative estimate of drug-likeness (QED) is 0.834. The Labute approximate surface area is 108 Å². The molecule has 4 nitrogen and oxygen atoms in total. The van der Waals surface area contributed by atoms with Crippen LogP contribution >= 0.6 is 0 Å². The molecule has 0 aliphatic rings. The summed E-state index contributed by atoms with van der Waals surface area (Å²) < 4.78 is 10.7. The second-order valence-electron chi connectivity index (χ2n) is 5.31. The van der Waals surface area contributed by atoms with Gasteiger partial charge in [-0.2, -0.15) is 0 Å². The van der Waals surface area contributed by atoms with Crippen LogP contribution in [0.15, 0.2) is 24.3 Å². The van der Waals surface area contributed by atoms with Crippen LogP contribution in [0.3, 0.4) is 0 Å². The summed E-state index contributed by atoms with van der Waals surface area (Å²) in [5.74, 6) is 0.362. The Morgan fingerprint density at radius 1 is 1.28 bits per heavy atom. The molecule has 0 saturated heterocycles. The van der Waals surface area contributed by atoms with Crippen LogP contribution in [0.4, 0.5) is 0 Å². The van der Waals surface area contributed by atoms with Crippen molar-refractivity contribution in [2.75, 3.05) is 6.61 Å². The van der Waals surface area contributed by atoms with Gasteiger partial charge in [0.2, 0.25) is 0 Å². The lowest BCUT2D eigenvalue weighted by molar-refractivity contribution is 0.00695. The fourth-order valence-electron chi connectivity index (χ4n) is 1.25. The third kappa shape index (κ3) is 5.19. The second kappa shape index (κ2) is 5.87. The van der Waals surface area contributed by atoms with Crippen molar-refractivity contribution in [2.45, 2.75) is 39.3 Å². The zero-order valence-corrected chi connectivity index (χ0v) is 11.4. The van der Waals surface area contributed by atoms with E-state index in [2.05, 4.69) is 0 Å². The summed E-state index contributed by atoms with van der Waals surface area (Å²) in [7, 11) is 0. The van der Waals surface area contributed by atoms with Gasteiger partial charge >= 0.3 is 5.97 Å². The van der Waals surface area contributed by atoms with Crippen LogP contribution in [-0.4, -0.2) is 24.2 Å². The Morgan fingerprint density at radius 3 is 2.28 bits per heavy atom. The Bertz CT molecular complexity index is 390. The monoisotopic (exact) mass is 251 g/mol. The normalized spacial score (nSPS) is 12.9. The van der Waals surface area contributed by atoms with Crippen LogP contribution in [0.1, 0.15) is 38.1 Å². The standard InChI is InChI=1S/C14H21NO3/c1-10(15)9-17-12-7-5-11(6-8-12)13(16)18-14(2,3)4/h5-8,10H,9,15H2,1-4H3. The highest BCUT2D eigenvalue weighted by Crippen LogP contribution is 2.16. The predicted octanol–water partition coefficient (Wildman–Crippen LogP) is 2.37. The minimum atomic E-state index is -0.485. The molecule has 1 unspecified atom stereocenters. The van der Waals surface area contributed by atoms with E-state index >= 15 is 0 Å². The SMILES string of the molecule is CC(N)COc1ccc(C(=O)OC(C)(C)C)cc1. The average molecular weight is 251 g/mol. The third-order valence-corrected chi connectivity index (χ3v) is 2.00. The van der Waals surface area contributed by atoms with Crippen LogP contribution in [0.2, 0.25) is 0 Å². The molecule has 0 amide bonds. The lowest BCUT2D eigenvalue weighted by Gasteiger charge is -2.19. The molecule has 0 radical (unpaired) electrons. The minimum absolute atomic E-state index is 0.0180. The van der Waals surface area contributed by atoms with E-state index in [0.717, 1.165) is 0 Å². The van der Waals surface area contributed by atoms with Crippen molar-refractivity contribution >= 4 is 5.97 Å². The maximum Gasteiger partial charge on any atom is 0.338 e. The fourth-order valence-corrected chi connectivity index (χ4v) is 1.25. The highest BCUT2D eigenvalue weighted by atomic mass is 16.6. The van der Waals surface area contributed by atoms with Gasteiger partial charge in [-0.1, -0.05) is 0 Å².